The molecule has 4 heteroatoms. The van der Waals surface area contributed by atoms with E-state index in [-0.39, 0.29) is 12.1 Å². The fourth-order valence-corrected chi connectivity index (χ4v) is 1.46. The summed E-state index contributed by atoms with van der Waals surface area (Å²) in [6.07, 6.45) is 2.01. The summed E-state index contributed by atoms with van der Waals surface area (Å²) >= 11 is 0. The molecule has 1 heterocycles. The first kappa shape index (κ1) is 10.2. The van der Waals surface area contributed by atoms with E-state index in [2.05, 4.69) is 10.3 Å². The topological polar surface area (TPSA) is 54.4 Å². The number of hydrogen-bond donors (Lipinski definition) is 2. The van der Waals surface area contributed by atoms with Crippen LogP contribution in [0.4, 0.5) is 5.82 Å². The molecular formula is C11H16N2O2. The summed E-state index contributed by atoms with van der Waals surface area (Å²) in [6, 6.07) is 5.61. The lowest BCUT2D eigenvalue weighted by Crippen LogP contribution is -2.26. The first-order valence-corrected chi connectivity index (χ1v) is 5.27. The number of nitrogens with zero attached hydrogens (tertiary/aromatic N) is 1. The maximum atomic E-state index is 9.17. The van der Waals surface area contributed by atoms with Crippen LogP contribution in [0.3, 0.4) is 0 Å². The van der Waals surface area contributed by atoms with E-state index in [9.17, 15) is 0 Å². The van der Waals surface area contributed by atoms with Gasteiger partial charge >= 0.3 is 0 Å². The lowest BCUT2D eigenvalue weighted by Gasteiger charge is -2.15. The Morgan fingerprint density at radius 2 is 2.33 bits per heavy atom. The Morgan fingerprint density at radius 3 is 2.93 bits per heavy atom. The van der Waals surface area contributed by atoms with Gasteiger partial charge in [0.15, 0.2) is 0 Å². The van der Waals surface area contributed by atoms with Crippen molar-refractivity contribution in [3.8, 4) is 5.88 Å². The zero-order valence-corrected chi connectivity index (χ0v) is 8.86. The minimum absolute atomic E-state index is 0.127. The molecule has 1 aliphatic rings. The summed E-state index contributed by atoms with van der Waals surface area (Å²) in [6.45, 7) is 2.70. The van der Waals surface area contributed by atoms with Gasteiger partial charge in [-0.3, -0.25) is 0 Å². The highest BCUT2D eigenvalue weighted by Gasteiger charge is 2.42. The maximum absolute atomic E-state index is 9.17. The Morgan fingerprint density at radius 1 is 1.53 bits per heavy atom. The van der Waals surface area contributed by atoms with Crippen LogP contribution in [0.25, 0.3) is 0 Å². The first-order chi connectivity index (χ1) is 7.28. The number of hydrogen-bond acceptors (Lipinski definition) is 4. The average Bonchev–Trinajstić information content (AvgIpc) is 3.00. The Hall–Kier alpha value is -1.29. The molecule has 1 aromatic rings. The molecule has 15 heavy (non-hydrogen) atoms. The molecule has 0 spiro atoms. The van der Waals surface area contributed by atoms with Crippen molar-refractivity contribution in [2.45, 2.75) is 25.3 Å². The number of aromatic nitrogens is 1. The number of aliphatic hydroxyl groups excluding tert-OH is 1. The average molecular weight is 208 g/mol. The highest BCUT2D eigenvalue weighted by atomic mass is 16.5. The van der Waals surface area contributed by atoms with Gasteiger partial charge in [-0.15, -0.1) is 0 Å². The van der Waals surface area contributed by atoms with Gasteiger partial charge in [0.25, 0.3) is 0 Å². The Bertz CT molecular complexity index is 337. The molecule has 0 bridgehead atoms. The fourth-order valence-electron chi connectivity index (χ4n) is 1.46. The van der Waals surface area contributed by atoms with Crippen molar-refractivity contribution < 1.29 is 9.84 Å². The van der Waals surface area contributed by atoms with Crippen molar-refractivity contribution in [3.63, 3.8) is 0 Å². The molecule has 0 unspecified atom stereocenters. The summed E-state index contributed by atoms with van der Waals surface area (Å²) < 4.78 is 5.30. The minimum Gasteiger partial charge on any atom is -0.478 e. The lowest BCUT2D eigenvalue weighted by atomic mass is 10.3. The van der Waals surface area contributed by atoms with Gasteiger partial charge in [-0.1, -0.05) is 6.07 Å². The Labute approximate surface area is 89.3 Å². The third-order valence-corrected chi connectivity index (χ3v) is 2.57. The van der Waals surface area contributed by atoms with Gasteiger partial charge in [-0.25, -0.2) is 0 Å². The molecule has 82 valence electrons. The Balaban J connectivity index is 2.05. The van der Waals surface area contributed by atoms with Crippen LogP contribution < -0.4 is 10.1 Å². The fraction of sp³-hybridized carbons (Fsp3) is 0.545. The van der Waals surface area contributed by atoms with E-state index >= 15 is 0 Å². The predicted octanol–water partition coefficient (Wildman–Crippen LogP) is 1.42. The van der Waals surface area contributed by atoms with Crippen molar-refractivity contribution in [1.29, 1.82) is 0 Å². The van der Waals surface area contributed by atoms with E-state index in [1.807, 2.05) is 25.1 Å². The monoisotopic (exact) mass is 208 g/mol. The van der Waals surface area contributed by atoms with E-state index < -0.39 is 0 Å². The van der Waals surface area contributed by atoms with Crippen LogP contribution in [-0.2, 0) is 0 Å². The van der Waals surface area contributed by atoms with Gasteiger partial charge in [-0.2, -0.15) is 4.98 Å². The van der Waals surface area contributed by atoms with E-state index in [4.69, 9.17) is 9.84 Å². The van der Waals surface area contributed by atoms with Crippen LogP contribution in [-0.4, -0.2) is 28.8 Å². The lowest BCUT2D eigenvalue weighted by molar-refractivity contribution is 0.265. The molecule has 1 fully saturated rings. The van der Waals surface area contributed by atoms with E-state index in [0.717, 1.165) is 18.7 Å². The quantitative estimate of drug-likeness (QED) is 0.768. The molecule has 0 amide bonds. The van der Waals surface area contributed by atoms with E-state index in [1.54, 1.807) is 0 Å². The molecule has 0 aromatic carbocycles. The second-order valence-electron chi connectivity index (χ2n) is 3.86. The zero-order valence-electron chi connectivity index (χ0n) is 8.86. The standard InChI is InChI=1S/C11H16N2O2/c1-2-15-10-5-3-4-9(12-10)13-11(8-14)6-7-11/h3-5,14H,2,6-8H2,1H3,(H,12,13). The molecule has 1 aromatic heterocycles. The third kappa shape index (κ3) is 2.39. The highest BCUT2D eigenvalue weighted by molar-refractivity contribution is 5.42. The molecule has 0 saturated heterocycles. The maximum Gasteiger partial charge on any atom is 0.215 e. The number of anilines is 1. The molecule has 1 saturated carbocycles. The van der Waals surface area contributed by atoms with Crippen molar-refractivity contribution in [3.05, 3.63) is 18.2 Å². The third-order valence-electron chi connectivity index (χ3n) is 2.57. The molecule has 0 atom stereocenters. The van der Waals surface area contributed by atoms with E-state index in [1.165, 1.54) is 0 Å². The van der Waals surface area contributed by atoms with Crippen LogP contribution in [0.15, 0.2) is 18.2 Å². The highest BCUT2D eigenvalue weighted by Crippen LogP contribution is 2.37. The number of nitrogens with one attached hydrogen (secondary N) is 1. The second kappa shape index (κ2) is 4.06. The smallest absolute Gasteiger partial charge is 0.215 e. The predicted molar refractivity (Wildman–Crippen MR) is 58.1 cm³/mol. The number of pyridine rings is 1. The molecular weight excluding hydrogens is 192 g/mol. The second-order valence-corrected chi connectivity index (χ2v) is 3.86. The van der Waals surface area contributed by atoms with Crippen molar-refractivity contribution in [2.24, 2.45) is 0 Å². The number of rotatable bonds is 5. The minimum atomic E-state index is -0.127. The Kier molecular flexibility index (Phi) is 2.77. The first-order valence-electron chi connectivity index (χ1n) is 5.27. The molecule has 0 aliphatic heterocycles. The van der Waals surface area contributed by atoms with Gasteiger partial charge in [0.2, 0.25) is 5.88 Å². The van der Waals surface area contributed by atoms with Gasteiger partial charge in [0.05, 0.1) is 18.8 Å². The largest absolute Gasteiger partial charge is 0.478 e. The van der Waals surface area contributed by atoms with Crippen molar-refractivity contribution in [1.82, 2.24) is 4.98 Å². The van der Waals surface area contributed by atoms with Gasteiger partial charge in [0.1, 0.15) is 5.82 Å². The van der Waals surface area contributed by atoms with Gasteiger partial charge < -0.3 is 15.2 Å². The zero-order chi connectivity index (χ0) is 10.7. The van der Waals surface area contributed by atoms with Crippen molar-refractivity contribution >= 4 is 5.82 Å². The molecule has 0 radical (unpaired) electrons. The van der Waals surface area contributed by atoms with Crippen LogP contribution in [0.2, 0.25) is 0 Å². The van der Waals surface area contributed by atoms with Crippen LogP contribution in [0.1, 0.15) is 19.8 Å². The summed E-state index contributed by atoms with van der Waals surface area (Å²) in [4.78, 5) is 4.29. The summed E-state index contributed by atoms with van der Waals surface area (Å²) in [5, 5.41) is 12.4. The van der Waals surface area contributed by atoms with Crippen LogP contribution >= 0.6 is 0 Å². The summed E-state index contributed by atoms with van der Waals surface area (Å²) in [5.41, 5.74) is -0.127. The number of aliphatic hydroxyl groups is 1. The normalized spacial score (nSPS) is 17.2. The van der Waals surface area contributed by atoms with Crippen LogP contribution in [0, 0.1) is 0 Å². The number of ether oxygens (including phenoxy) is 1. The van der Waals surface area contributed by atoms with E-state index in [0.29, 0.717) is 12.5 Å². The molecule has 2 N–H and O–H groups in total. The molecule has 2 rings (SSSR count). The van der Waals surface area contributed by atoms with Crippen molar-refractivity contribution in [2.75, 3.05) is 18.5 Å². The summed E-state index contributed by atoms with van der Waals surface area (Å²) in [7, 11) is 0. The molecule has 4 nitrogen and oxygen atoms in total. The molecule has 1 aliphatic carbocycles. The summed E-state index contributed by atoms with van der Waals surface area (Å²) in [5.74, 6) is 1.39. The van der Waals surface area contributed by atoms with Crippen LogP contribution in [0.5, 0.6) is 5.88 Å². The van der Waals surface area contributed by atoms with Gasteiger partial charge in [0, 0.05) is 6.07 Å². The van der Waals surface area contributed by atoms with Gasteiger partial charge in [-0.05, 0) is 25.8 Å². The SMILES string of the molecule is CCOc1cccc(NC2(CO)CC2)n1.